The lowest BCUT2D eigenvalue weighted by molar-refractivity contribution is 0.309. The fourth-order valence-corrected chi connectivity index (χ4v) is 2.28. The van der Waals surface area contributed by atoms with Gasteiger partial charge in [-0.15, -0.1) is 0 Å². The molecule has 0 N–H and O–H groups in total. The monoisotopic (exact) mass is 283 g/mol. The highest BCUT2D eigenvalue weighted by Gasteiger charge is 2.09. The lowest BCUT2D eigenvalue weighted by Gasteiger charge is -2.13. The van der Waals surface area contributed by atoms with Gasteiger partial charge in [0.15, 0.2) is 0 Å². The maximum Gasteiger partial charge on any atom is 0.119 e. The SMILES string of the molecule is CCCCOc1ccc(C(C)c2ccc(CC)nc2)cc1. The zero-order chi connectivity index (χ0) is 15.1. The second-order valence-corrected chi connectivity index (χ2v) is 5.43. The normalized spacial score (nSPS) is 12.1. The molecule has 21 heavy (non-hydrogen) atoms. The van der Waals surface area contributed by atoms with Crippen molar-refractivity contribution in [2.75, 3.05) is 6.61 Å². The Labute approximate surface area is 128 Å². The van der Waals surface area contributed by atoms with Gasteiger partial charge in [0.2, 0.25) is 0 Å². The molecule has 0 aliphatic heterocycles. The molecule has 2 heteroatoms. The lowest BCUT2D eigenvalue weighted by Crippen LogP contribution is -1.99. The molecule has 0 bridgehead atoms. The van der Waals surface area contributed by atoms with Gasteiger partial charge in [-0.05, 0) is 42.2 Å². The Balaban J connectivity index is 2.02. The average Bonchev–Trinajstić information content (AvgIpc) is 2.55. The lowest BCUT2D eigenvalue weighted by atomic mass is 9.94. The third-order valence-electron chi connectivity index (χ3n) is 3.86. The molecule has 0 saturated heterocycles. The molecule has 1 atom stereocenters. The summed E-state index contributed by atoms with van der Waals surface area (Å²) in [7, 11) is 0. The van der Waals surface area contributed by atoms with Gasteiger partial charge in [-0.25, -0.2) is 0 Å². The first kappa shape index (κ1) is 15.6. The predicted octanol–water partition coefficient (Wildman–Crippen LogP) is 4.97. The van der Waals surface area contributed by atoms with Crippen LogP contribution in [0.1, 0.15) is 56.4 Å². The van der Waals surface area contributed by atoms with Crippen LogP contribution in [0.2, 0.25) is 0 Å². The number of benzene rings is 1. The van der Waals surface area contributed by atoms with Crippen LogP contribution in [0.3, 0.4) is 0 Å². The largest absolute Gasteiger partial charge is 0.494 e. The summed E-state index contributed by atoms with van der Waals surface area (Å²) in [5.74, 6) is 1.31. The molecule has 1 aromatic heterocycles. The Morgan fingerprint density at radius 1 is 1.00 bits per heavy atom. The number of nitrogens with zero attached hydrogens (tertiary/aromatic N) is 1. The van der Waals surface area contributed by atoms with Crippen LogP contribution in [0.4, 0.5) is 0 Å². The Morgan fingerprint density at radius 2 is 1.71 bits per heavy atom. The van der Waals surface area contributed by atoms with E-state index in [9.17, 15) is 0 Å². The van der Waals surface area contributed by atoms with E-state index < -0.39 is 0 Å². The van der Waals surface area contributed by atoms with Crippen molar-refractivity contribution in [3.05, 3.63) is 59.4 Å². The molecule has 0 saturated carbocycles. The first-order valence-corrected chi connectivity index (χ1v) is 7.92. The molecule has 0 aliphatic carbocycles. The summed E-state index contributed by atoms with van der Waals surface area (Å²) in [6, 6.07) is 12.7. The minimum atomic E-state index is 0.355. The highest BCUT2D eigenvalue weighted by atomic mass is 16.5. The van der Waals surface area contributed by atoms with Crippen molar-refractivity contribution in [2.45, 2.75) is 46.0 Å². The van der Waals surface area contributed by atoms with Crippen LogP contribution >= 0.6 is 0 Å². The zero-order valence-electron chi connectivity index (χ0n) is 13.3. The molecule has 2 aromatic rings. The molecule has 2 rings (SSSR count). The van der Waals surface area contributed by atoms with Crippen LogP contribution in [-0.4, -0.2) is 11.6 Å². The van der Waals surface area contributed by atoms with Crippen molar-refractivity contribution in [3.8, 4) is 5.75 Å². The molecular weight excluding hydrogens is 258 g/mol. The first-order valence-electron chi connectivity index (χ1n) is 7.92. The molecule has 1 heterocycles. The smallest absolute Gasteiger partial charge is 0.119 e. The van der Waals surface area contributed by atoms with E-state index in [0.29, 0.717) is 5.92 Å². The number of ether oxygens (including phenoxy) is 1. The van der Waals surface area contributed by atoms with E-state index in [1.165, 1.54) is 11.1 Å². The number of aryl methyl sites for hydroxylation is 1. The quantitative estimate of drug-likeness (QED) is 0.669. The van der Waals surface area contributed by atoms with Gasteiger partial charge in [0, 0.05) is 17.8 Å². The van der Waals surface area contributed by atoms with E-state index in [4.69, 9.17) is 4.74 Å². The maximum atomic E-state index is 5.70. The molecule has 1 aromatic carbocycles. The Hall–Kier alpha value is -1.83. The van der Waals surface area contributed by atoms with Gasteiger partial charge in [0.25, 0.3) is 0 Å². The number of hydrogen-bond acceptors (Lipinski definition) is 2. The number of pyridine rings is 1. The van der Waals surface area contributed by atoms with Gasteiger partial charge in [-0.1, -0.05) is 45.4 Å². The summed E-state index contributed by atoms with van der Waals surface area (Å²) in [5, 5.41) is 0. The van der Waals surface area contributed by atoms with Crippen molar-refractivity contribution in [2.24, 2.45) is 0 Å². The second-order valence-electron chi connectivity index (χ2n) is 5.43. The van der Waals surface area contributed by atoms with Crippen molar-refractivity contribution in [3.63, 3.8) is 0 Å². The summed E-state index contributed by atoms with van der Waals surface area (Å²) >= 11 is 0. The Morgan fingerprint density at radius 3 is 2.29 bits per heavy atom. The molecule has 112 valence electrons. The van der Waals surface area contributed by atoms with Crippen LogP contribution in [0.25, 0.3) is 0 Å². The van der Waals surface area contributed by atoms with Gasteiger partial charge in [0.05, 0.1) is 6.61 Å². The molecular formula is C19H25NO. The minimum Gasteiger partial charge on any atom is -0.494 e. The second kappa shape index (κ2) is 7.82. The summed E-state index contributed by atoms with van der Waals surface area (Å²) in [6.45, 7) is 7.32. The topological polar surface area (TPSA) is 22.1 Å². The Bertz CT molecular complexity index is 530. The molecule has 0 spiro atoms. The average molecular weight is 283 g/mol. The standard InChI is InChI=1S/C19H25NO/c1-4-6-13-21-19-11-8-16(9-12-19)15(3)17-7-10-18(5-2)20-14-17/h7-12,14-15H,4-6,13H2,1-3H3. The Kier molecular flexibility index (Phi) is 5.79. The number of rotatable bonds is 7. The summed E-state index contributed by atoms with van der Waals surface area (Å²) in [4.78, 5) is 4.49. The van der Waals surface area contributed by atoms with Crippen LogP contribution in [0.15, 0.2) is 42.6 Å². The highest BCUT2D eigenvalue weighted by Crippen LogP contribution is 2.25. The maximum absolute atomic E-state index is 5.70. The van der Waals surface area contributed by atoms with E-state index in [2.05, 4.69) is 62.2 Å². The molecule has 0 aliphatic rings. The van der Waals surface area contributed by atoms with Crippen LogP contribution < -0.4 is 4.74 Å². The summed E-state index contributed by atoms with van der Waals surface area (Å²) in [5.41, 5.74) is 3.70. The molecule has 0 amide bonds. The van der Waals surface area contributed by atoms with E-state index in [0.717, 1.165) is 37.3 Å². The van der Waals surface area contributed by atoms with Crippen LogP contribution in [-0.2, 0) is 6.42 Å². The zero-order valence-corrected chi connectivity index (χ0v) is 13.3. The fourth-order valence-electron chi connectivity index (χ4n) is 2.28. The first-order chi connectivity index (χ1) is 10.2. The van der Waals surface area contributed by atoms with Crippen LogP contribution in [0.5, 0.6) is 5.75 Å². The summed E-state index contributed by atoms with van der Waals surface area (Å²) < 4.78 is 5.70. The molecule has 0 radical (unpaired) electrons. The minimum absolute atomic E-state index is 0.355. The van der Waals surface area contributed by atoms with Crippen molar-refractivity contribution >= 4 is 0 Å². The summed E-state index contributed by atoms with van der Waals surface area (Å²) in [6.07, 6.45) is 5.25. The third-order valence-corrected chi connectivity index (χ3v) is 3.86. The predicted molar refractivity (Wildman–Crippen MR) is 88.0 cm³/mol. The number of hydrogen-bond donors (Lipinski definition) is 0. The van der Waals surface area contributed by atoms with Crippen molar-refractivity contribution in [1.82, 2.24) is 4.98 Å². The number of unbranched alkanes of at least 4 members (excludes halogenated alkanes) is 1. The van der Waals surface area contributed by atoms with Crippen molar-refractivity contribution in [1.29, 1.82) is 0 Å². The molecule has 2 nitrogen and oxygen atoms in total. The molecule has 0 fully saturated rings. The molecule has 1 unspecified atom stereocenters. The van der Waals surface area contributed by atoms with Crippen molar-refractivity contribution < 1.29 is 4.74 Å². The van der Waals surface area contributed by atoms with E-state index >= 15 is 0 Å². The van der Waals surface area contributed by atoms with Gasteiger partial charge in [-0.2, -0.15) is 0 Å². The van der Waals surface area contributed by atoms with Gasteiger partial charge in [-0.3, -0.25) is 4.98 Å². The van der Waals surface area contributed by atoms with E-state index in [-0.39, 0.29) is 0 Å². The van der Waals surface area contributed by atoms with Gasteiger partial charge >= 0.3 is 0 Å². The fraction of sp³-hybridized carbons (Fsp3) is 0.421. The van der Waals surface area contributed by atoms with Gasteiger partial charge < -0.3 is 4.74 Å². The highest BCUT2D eigenvalue weighted by molar-refractivity contribution is 5.34. The third kappa shape index (κ3) is 4.32. The van der Waals surface area contributed by atoms with Crippen LogP contribution in [0, 0.1) is 0 Å². The van der Waals surface area contributed by atoms with E-state index in [1.807, 2.05) is 6.20 Å². The number of aromatic nitrogens is 1. The van der Waals surface area contributed by atoms with Gasteiger partial charge in [0.1, 0.15) is 5.75 Å². The van der Waals surface area contributed by atoms with E-state index in [1.54, 1.807) is 0 Å².